The number of ether oxygens (including phenoxy) is 2. The molecule has 1 fully saturated rings. The molecule has 0 saturated carbocycles. The van der Waals surface area contributed by atoms with Crippen LogP contribution in [0.25, 0.3) is 0 Å². The van der Waals surface area contributed by atoms with Crippen LogP contribution in [0.5, 0.6) is 11.8 Å². The van der Waals surface area contributed by atoms with Crippen molar-refractivity contribution in [3.8, 4) is 11.8 Å². The second kappa shape index (κ2) is 7.28. The van der Waals surface area contributed by atoms with Crippen molar-refractivity contribution >= 4 is 5.95 Å². The maximum absolute atomic E-state index is 5.13. The molecule has 0 radical (unpaired) electrons. The highest BCUT2D eigenvalue weighted by Gasteiger charge is 2.15. The molecule has 2 heterocycles. The molecule has 20 heavy (non-hydrogen) atoms. The number of likely N-dealkylation sites (tertiary alicyclic amines) is 1. The standard InChI is InChI=1S/C14H24N4O2/c1-11(10-18-6-4-5-7-18)9-15-14-16-12(19-2)8-13(17-14)20-3/h8,11H,4-7,9-10H2,1-3H3,(H,15,16,17). The highest BCUT2D eigenvalue weighted by molar-refractivity contribution is 5.33. The highest BCUT2D eigenvalue weighted by atomic mass is 16.5. The Labute approximate surface area is 120 Å². The number of hydrogen-bond acceptors (Lipinski definition) is 6. The molecule has 1 N–H and O–H groups in total. The van der Waals surface area contributed by atoms with Crippen molar-refractivity contribution in [1.82, 2.24) is 14.9 Å². The molecular formula is C14H24N4O2. The molecule has 0 aromatic carbocycles. The molecule has 2 rings (SSSR count). The summed E-state index contributed by atoms with van der Waals surface area (Å²) in [5, 5.41) is 3.26. The molecule has 1 atom stereocenters. The van der Waals surface area contributed by atoms with Crippen molar-refractivity contribution in [2.45, 2.75) is 19.8 Å². The average Bonchev–Trinajstić information content (AvgIpc) is 2.97. The lowest BCUT2D eigenvalue weighted by atomic mass is 10.1. The Bertz CT molecular complexity index is 399. The zero-order valence-electron chi connectivity index (χ0n) is 12.6. The Morgan fingerprint density at radius 3 is 2.35 bits per heavy atom. The number of nitrogens with one attached hydrogen (secondary N) is 1. The Hall–Kier alpha value is -1.56. The summed E-state index contributed by atoms with van der Waals surface area (Å²) < 4.78 is 10.3. The van der Waals surface area contributed by atoms with Gasteiger partial charge < -0.3 is 19.7 Å². The van der Waals surface area contributed by atoms with Crippen LogP contribution < -0.4 is 14.8 Å². The van der Waals surface area contributed by atoms with Crippen LogP contribution in [0.4, 0.5) is 5.95 Å². The largest absolute Gasteiger partial charge is 0.481 e. The summed E-state index contributed by atoms with van der Waals surface area (Å²) in [6.45, 7) is 6.66. The zero-order chi connectivity index (χ0) is 14.4. The Morgan fingerprint density at radius 2 is 1.80 bits per heavy atom. The van der Waals surface area contributed by atoms with Crippen molar-refractivity contribution in [1.29, 1.82) is 0 Å². The van der Waals surface area contributed by atoms with Crippen molar-refractivity contribution in [2.24, 2.45) is 5.92 Å². The third-order valence-corrected chi connectivity index (χ3v) is 3.47. The molecule has 1 aliphatic rings. The molecule has 0 aliphatic carbocycles. The van der Waals surface area contributed by atoms with E-state index >= 15 is 0 Å². The van der Waals surface area contributed by atoms with Gasteiger partial charge in [-0.15, -0.1) is 0 Å². The normalized spacial score (nSPS) is 16.9. The fourth-order valence-corrected chi connectivity index (χ4v) is 2.43. The zero-order valence-corrected chi connectivity index (χ0v) is 12.6. The highest BCUT2D eigenvalue weighted by Crippen LogP contribution is 2.17. The quantitative estimate of drug-likeness (QED) is 0.819. The van der Waals surface area contributed by atoms with Crippen molar-refractivity contribution in [3.63, 3.8) is 0 Å². The summed E-state index contributed by atoms with van der Waals surface area (Å²) in [6.07, 6.45) is 2.66. The molecule has 1 aromatic heterocycles. The Morgan fingerprint density at radius 1 is 1.20 bits per heavy atom. The van der Waals surface area contributed by atoms with Crippen LogP contribution in [-0.4, -0.2) is 55.3 Å². The van der Waals surface area contributed by atoms with Gasteiger partial charge in [0.05, 0.1) is 20.3 Å². The van der Waals surface area contributed by atoms with E-state index in [4.69, 9.17) is 9.47 Å². The van der Waals surface area contributed by atoms with Crippen molar-refractivity contribution < 1.29 is 9.47 Å². The van der Waals surface area contributed by atoms with E-state index in [1.54, 1.807) is 20.3 Å². The Kier molecular flexibility index (Phi) is 5.40. The van der Waals surface area contributed by atoms with E-state index in [-0.39, 0.29) is 0 Å². The number of aromatic nitrogens is 2. The van der Waals surface area contributed by atoms with E-state index in [2.05, 4.69) is 27.1 Å². The SMILES string of the molecule is COc1cc(OC)nc(NCC(C)CN2CCCC2)n1. The van der Waals surface area contributed by atoms with E-state index in [1.807, 2.05) is 0 Å². The van der Waals surface area contributed by atoms with Gasteiger partial charge >= 0.3 is 0 Å². The van der Waals surface area contributed by atoms with Gasteiger partial charge in [-0.2, -0.15) is 9.97 Å². The summed E-state index contributed by atoms with van der Waals surface area (Å²) in [4.78, 5) is 11.0. The summed E-state index contributed by atoms with van der Waals surface area (Å²) in [7, 11) is 3.17. The van der Waals surface area contributed by atoms with Crippen LogP contribution in [0.1, 0.15) is 19.8 Å². The average molecular weight is 280 g/mol. The number of anilines is 1. The van der Waals surface area contributed by atoms with Gasteiger partial charge in [0.25, 0.3) is 0 Å². The first kappa shape index (κ1) is 14.8. The summed E-state index contributed by atoms with van der Waals surface area (Å²) in [5.74, 6) is 2.11. The van der Waals surface area contributed by atoms with E-state index in [0.717, 1.165) is 13.1 Å². The van der Waals surface area contributed by atoms with E-state index in [1.165, 1.54) is 25.9 Å². The van der Waals surface area contributed by atoms with Gasteiger partial charge in [0, 0.05) is 13.1 Å². The number of methoxy groups -OCH3 is 2. The topological polar surface area (TPSA) is 59.5 Å². The van der Waals surface area contributed by atoms with Gasteiger partial charge in [0.15, 0.2) is 0 Å². The predicted molar refractivity (Wildman–Crippen MR) is 78.5 cm³/mol. The fraction of sp³-hybridized carbons (Fsp3) is 0.714. The minimum atomic E-state index is 0.506. The predicted octanol–water partition coefficient (Wildman–Crippen LogP) is 1.64. The minimum absolute atomic E-state index is 0.506. The van der Waals surface area contributed by atoms with Crippen LogP contribution >= 0.6 is 0 Å². The molecule has 1 aromatic rings. The molecule has 0 spiro atoms. The first-order chi connectivity index (χ1) is 9.71. The van der Waals surface area contributed by atoms with Crippen LogP contribution in [-0.2, 0) is 0 Å². The molecule has 1 unspecified atom stereocenters. The van der Waals surface area contributed by atoms with Gasteiger partial charge in [-0.25, -0.2) is 0 Å². The van der Waals surface area contributed by atoms with Crippen LogP contribution in [0.2, 0.25) is 0 Å². The third-order valence-electron chi connectivity index (χ3n) is 3.47. The molecule has 0 amide bonds. The van der Waals surface area contributed by atoms with Gasteiger partial charge in [-0.1, -0.05) is 6.92 Å². The van der Waals surface area contributed by atoms with Gasteiger partial charge in [0.1, 0.15) is 0 Å². The van der Waals surface area contributed by atoms with E-state index < -0.39 is 0 Å². The lowest BCUT2D eigenvalue weighted by molar-refractivity contribution is 0.294. The van der Waals surface area contributed by atoms with Gasteiger partial charge in [-0.3, -0.25) is 0 Å². The minimum Gasteiger partial charge on any atom is -0.481 e. The molecule has 0 bridgehead atoms. The van der Waals surface area contributed by atoms with Crippen molar-refractivity contribution in [2.75, 3.05) is 45.7 Å². The second-order valence-corrected chi connectivity index (χ2v) is 5.27. The lowest BCUT2D eigenvalue weighted by Gasteiger charge is -2.20. The van der Waals surface area contributed by atoms with Gasteiger partial charge in [-0.05, 0) is 31.8 Å². The molecule has 6 nitrogen and oxygen atoms in total. The first-order valence-electron chi connectivity index (χ1n) is 7.14. The number of hydrogen-bond donors (Lipinski definition) is 1. The molecule has 6 heteroatoms. The maximum atomic E-state index is 5.13. The Balaban J connectivity index is 1.85. The molecule has 112 valence electrons. The maximum Gasteiger partial charge on any atom is 0.229 e. The lowest BCUT2D eigenvalue weighted by Crippen LogP contribution is -2.29. The van der Waals surface area contributed by atoms with E-state index in [9.17, 15) is 0 Å². The molecule has 1 aliphatic heterocycles. The number of nitrogens with zero attached hydrogens (tertiary/aromatic N) is 3. The summed E-state index contributed by atoms with van der Waals surface area (Å²) >= 11 is 0. The van der Waals surface area contributed by atoms with Crippen LogP contribution in [0, 0.1) is 5.92 Å². The smallest absolute Gasteiger partial charge is 0.229 e. The van der Waals surface area contributed by atoms with E-state index in [0.29, 0.717) is 23.6 Å². The molecular weight excluding hydrogens is 256 g/mol. The van der Waals surface area contributed by atoms with Crippen molar-refractivity contribution in [3.05, 3.63) is 6.07 Å². The van der Waals surface area contributed by atoms with Crippen LogP contribution in [0.3, 0.4) is 0 Å². The molecule has 1 saturated heterocycles. The first-order valence-corrected chi connectivity index (χ1v) is 7.14. The monoisotopic (exact) mass is 280 g/mol. The summed E-state index contributed by atoms with van der Waals surface area (Å²) in [6, 6.07) is 1.67. The fourth-order valence-electron chi connectivity index (χ4n) is 2.43. The number of rotatable bonds is 7. The third kappa shape index (κ3) is 4.23. The second-order valence-electron chi connectivity index (χ2n) is 5.27. The summed E-state index contributed by atoms with van der Waals surface area (Å²) in [5.41, 5.74) is 0. The van der Waals surface area contributed by atoms with Gasteiger partial charge in [0.2, 0.25) is 17.7 Å². The van der Waals surface area contributed by atoms with Crippen LogP contribution in [0.15, 0.2) is 6.07 Å².